The van der Waals surface area contributed by atoms with Crippen molar-refractivity contribution in [3.8, 4) is 0 Å². The van der Waals surface area contributed by atoms with Gasteiger partial charge in [0.05, 0.1) is 12.7 Å². The number of carboxylic acid groups (broad SMARTS) is 1. The lowest BCUT2D eigenvalue weighted by Gasteiger charge is -2.29. The number of ether oxygens (including phenoxy) is 1. The minimum absolute atomic E-state index is 0.111. The smallest absolute Gasteiger partial charge is 0.303 e. The quantitative estimate of drug-likeness (QED) is 0.749. The molecule has 0 bridgehead atoms. The fourth-order valence-electron chi connectivity index (χ4n) is 1.33. The van der Waals surface area contributed by atoms with Gasteiger partial charge in [0.15, 0.2) is 0 Å². The molecule has 0 aliphatic carbocycles. The van der Waals surface area contributed by atoms with Crippen molar-refractivity contribution in [2.45, 2.75) is 32.8 Å². The molecule has 0 radical (unpaired) electrons. The predicted molar refractivity (Wildman–Crippen MR) is 55.5 cm³/mol. The monoisotopic (exact) mass is 203 g/mol. The first-order valence-electron chi connectivity index (χ1n) is 5.20. The molecule has 0 aromatic heterocycles. The zero-order valence-electron chi connectivity index (χ0n) is 9.32. The van der Waals surface area contributed by atoms with Gasteiger partial charge in [-0.1, -0.05) is 13.8 Å². The lowest BCUT2D eigenvalue weighted by Crippen LogP contribution is -2.40. The molecule has 4 heteroatoms. The van der Waals surface area contributed by atoms with E-state index in [-0.39, 0.29) is 12.5 Å². The molecular formula is C10H21NO3. The average molecular weight is 203 g/mol. The molecule has 1 heterocycles. The lowest BCUT2D eigenvalue weighted by atomic mass is 10.1. The van der Waals surface area contributed by atoms with Crippen LogP contribution in [0.25, 0.3) is 0 Å². The minimum Gasteiger partial charge on any atom is -0.481 e. The summed E-state index contributed by atoms with van der Waals surface area (Å²) in [5.74, 6) is -0.744. The molecule has 14 heavy (non-hydrogen) atoms. The largest absolute Gasteiger partial charge is 0.481 e. The van der Waals surface area contributed by atoms with Crippen LogP contribution in [0.1, 0.15) is 26.7 Å². The maximum Gasteiger partial charge on any atom is 0.303 e. The Morgan fingerprint density at radius 2 is 2.21 bits per heavy atom. The highest BCUT2D eigenvalue weighted by atomic mass is 16.5. The number of carboxylic acids is 1. The van der Waals surface area contributed by atoms with Gasteiger partial charge in [0.25, 0.3) is 0 Å². The van der Waals surface area contributed by atoms with Crippen LogP contribution >= 0.6 is 0 Å². The summed E-state index contributed by atoms with van der Waals surface area (Å²) in [7, 11) is 2.02. The summed E-state index contributed by atoms with van der Waals surface area (Å²) in [5, 5.41) is 8.44. The molecule has 1 atom stereocenters. The normalized spacial score (nSPS) is 22.4. The van der Waals surface area contributed by atoms with E-state index in [4.69, 9.17) is 9.84 Å². The Labute approximate surface area is 85.9 Å². The minimum atomic E-state index is -0.744. The van der Waals surface area contributed by atoms with Crippen LogP contribution in [-0.4, -0.2) is 48.8 Å². The Hall–Kier alpha value is -0.610. The van der Waals surface area contributed by atoms with Gasteiger partial charge < -0.3 is 14.7 Å². The van der Waals surface area contributed by atoms with E-state index in [0.717, 1.165) is 19.7 Å². The molecular weight excluding hydrogens is 182 g/mol. The van der Waals surface area contributed by atoms with E-state index >= 15 is 0 Å². The van der Waals surface area contributed by atoms with Gasteiger partial charge in [0.2, 0.25) is 0 Å². The van der Waals surface area contributed by atoms with Crippen molar-refractivity contribution in [1.82, 2.24) is 4.90 Å². The maximum atomic E-state index is 10.3. The van der Waals surface area contributed by atoms with Crippen LogP contribution in [0.3, 0.4) is 0 Å². The molecule has 0 saturated carbocycles. The number of aliphatic carboxylic acids is 1. The molecule has 0 aromatic rings. The van der Waals surface area contributed by atoms with E-state index in [9.17, 15) is 4.79 Å². The van der Waals surface area contributed by atoms with E-state index in [2.05, 4.69) is 4.90 Å². The molecule has 1 aliphatic rings. The van der Waals surface area contributed by atoms with Crippen LogP contribution in [0.5, 0.6) is 0 Å². The van der Waals surface area contributed by atoms with Crippen LogP contribution in [0.2, 0.25) is 0 Å². The van der Waals surface area contributed by atoms with Crippen molar-refractivity contribution in [2.24, 2.45) is 0 Å². The molecule has 84 valence electrons. The molecule has 1 aliphatic heterocycles. The predicted octanol–water partition coefficient (Wildman–Crippen LogP) is 1.21. The third kappa shape index (κ3) is 5.94. The van der Waals surface area contributed by atoms with Gasteiger partial charge in [0.1, 0.15) is 0 Å². The van der Waals surface area contributed by atoms with Crippen molar-refractivity contribution < 1.29 is 14.6 Å². The highest BCUT2D eigenvalue weighted by Crippen LogP contribution is 2.08. The topological polar surface area (TPSA) is 49.8 Å². The first-order chi connectivity index (χ1) is 6.68. The standard InChI is InChI=1S/C8H15NO3.C2H6/c1-9-4-5-12-7(6-9)2-3-8(10)11;1-2/h7H,2-6H2,1H3,(H,10,11);1-2H3/t7-;/m1./s1. The van der Waals surface area contributed by atoms with Crippen molar-refractivity contribution >= 4 is 5.97 Å². The number of morpholine rings is 1. The number of nitrogens with zero attached hydrogens (tertiary/aromatic N) is 1. The first kappa shape index (κ1) is 13.4. The second-order valence-corrected chi connectivity index (χ2v) is 3.19. The van der Waals surface area contributed by atoms with Crippen LogP contribution in [0.15, 0.2) is 0 Å². The SMILES string of the molecule is CC.CN1CCO[C@H](CCC(=O)O)C1. The average Bonchev–Trinajstić information content (AvgIpc) is 2.18. The summed E-state index contributed by atoms with van der Waals surface area (Å²) in [4.78, 5) is 12.4. The van der Waals surface area contributed by atoms with E-state index in [1.54, 1.807) is 0 Å². The highest BCUT2D eigenvalue weighted by molar-refractivity contribution is 5.66. The van der Waals surface area contributed by atoms with Crippen molar-refractivity contribution in [3.63, 3.8) is 0 Å². The molecule has 1 N–H and O–H groups in total. The Kier molecular flexibility index (Phi) is 7.42. The zero-order chi connectivity index (χ0) is 11.0. The molecule has 1 fully saturated rings. The van der Waals surface area contributed by atoms with E-state index in [1.807, 2.05) is 20.9 Å². The van der Waals surface area contributed by atoms with Crippen molar-refractivity contribution in [3.05, 3.63) is 0 Å². The second-order valence-electron chi connectivity index (χ2n) is 3.19. The number of hydrogen-bond donors (Lipinski definition) is 1. The van der Waals surface area contributed by atoms with Gasteiger partial charge in [-0.05, 0) is 13.5 Å². The number of likely N-dealkylation sites (N-methyl/N-ethyl adjacent to an activating group) is 1. The van der Waals surface area contributed by atoms with Crippen LogP contribution in [0, 0.1) is 0 Å². The first-order valence-corrected chi connectivity index (χ1v) is 5.20. The summed E-state index contributed by atoms with van der Waals surface area (Å²) in [5.41, 5.74) is 0. The second kappa shape index (κ2) is 7.76. The third-order valence-corrected chi connectivity index (χ3v) is 2.02. The van der Waals surface area contributed by atoms with E-state index < -0.39 is 5.97 Å². The molecule has 0 unspecified atom stereocenters. The number of hydrogen-bond acceptors (Lipinski definition) is 3. The number of carbonyl (C=O) groups is 1. The molecule has 0 aromatic carbocycles. The van der Waals surface area contributed by atoms with Crippen molar-refractivity contribution in [1.29, 1.82) is 0 Å². The summed E-state index contributed by atoms with van der Waals surface area (Å²) >= 11 is 0. The summed E-state index contributed by atoms with van der Waals surface area (Å²) in [6.45, 7) is 6.53. The van der Waals surface area contributed by atoms with Gasteiger partial charge in [-0.25, -0.2) is 0 Å². The molecule has 0 amide bonds. The zero-order valence-corrected chi connectivity index (χ0v) is 9.32. The Balaban J connectivity index is 0.000000791. The molecule has 0 spiro atoms. The fraction of sp³-hybridized carbons (Fsp3) is 0.900. The summed E-state index contributed by atoms with van der Waals surface area (Å²) < 4.78 is 5.39. The lowest BCUT2D eigenvalue weighted by molar-refractivity contribution is -0.138. The van der Waals surface area contributed by atoms with Gasteiger partial charge in [-0.15, -0.1) is 0 Å². The molecule has 4 nitrogen and oxygen atoms in total. The molecule has 1 rings (SSSR count). The van der Waals surface area contributed by atoms with Gasteiger partial charge >= 0.3 is 5.97 Å². The van der Waals surface area contributed by atoms with E-state index in [0.29, 0.717) is 6.42 Å². The van der Waals surface area contributed by atoms with E-state index in [1.165, 1.54) is 0 Å². The fourth-order valence-corrected chi connectivity index (χ4v) is 1.33. The Bertz CT molecular complexity index is 161. The summed E-state index contributed by atoms with van der Waals surface area (Å²) in [6.07, 6.45) is 0.942. The van der Waals surface area contributed by atoms with Crippen LogP contribution in [0.4, 0.5) is 0 Å². The Morgan fingerprint density at radius 3 is 2.71 bits per heavy atom. The van der Waals surface area contributed by atoms with Crippen LogP contribution in [-0.2, 0) is 9.53 Å². The maximum absolute atomic E-state index is 10.3. The highest BCUT2D eigenvalue weighted by Gasteiger charge is 2.17. The van der Waals surface area contributed by atoms with Crippen LogP contribution < -0.4 is 0 Å². The molecule has 1 saturated heterocycles. The Morgan fingerprint density at radius 1 is 1.57 bits per heavy atom. The van der Waals surface area contributed by atoms with Crippen molar-refractivity contribution in [2.75, 3.05) is 26.7 Å². The van der Waals surface area contributed by atoms with Gasteiger partial charge in [-0.3, -0.25) is 4.79 Å². The summed E-state index contributed by atoms with van der Waals surface area (Å²) in [6, 6.07) is 0. The van der Waals surface area contributed by atoms with Gasteiger partial charge in [0, 0.05) is 19.5 Å². The number of rotatable bonds is 3. The van der Waals surface area contributed by atoms with Gasteiger partial charge in [-0.2, -0.15) is 0 Å². The third-order valence-electron chi connectivity index (χ3n) is 2.02.